The number of benzene rings is 3. The van der Waals surface area contributed by atoms with Crippen LogP contribution in [0.4, 0.5) is 0 Å². The Morgan fingerprint density at radius 1 is 1.12 bits per heavy atom. The number of nitrogens with one attached hydrogen (secondary N) is 2. The number of carbonyl (C=O) groups excluding carboxylic acids is 1. The van der Waals surface area contributed by atoms with Crippen molar-refractivity contribution in [1.82, 2.24) is 10.9 Å². The molecule has 11 heteroatoms. The van der Waals surface area contributed by atoms with Gasteiger partial charge in [-0.25, -0.2) is 10.4 Å². The molecule has 0 saturated carbocycles. The van der Waals surface area contributed by atoms with E-state index in [1.807, 2.05) is 72.8 Å². The lowest BCUT2D eigenvalue weighted by atomic mass is 9.80. The molecule has 0 fully saturated rings. The maximum absolute atomic E-state index is 14.2. The summed E-state index contributed by atoms with van der Waals surface area (Å²) in [5, 5.41) is 12.8. The molecule has 1 heterocycles. The summed E-state index contributed by atoms with van der Waals surface area (Å²) >= 11 is 3.65. The molecule has 1 aliphatic heterocycles. The summed E-state index contributed by atoms with van der Waals surface area (Å²) in [5.41, 5.74) is 16.6. The SMILES string of the molecule is CCCCNNC(=O)[C@@]1(Cc2ccccc2Br)N=C(c2ccc(OCCCO)cc2)O[C@H]1c1ccccc1CN=[N+]=[N-]. The number of aliphatic imine (C=N–C) groups is 1. The van der Waals surface area contributed by atoms with Crippen LogP contribution in [0.15, 0.2) is 87.4 Å². The zero-order chi connectivity index (χ0) is 29.8. The Morgan fingerprint density at radius 3 is 2.57 bits per heavy atom. The predicted octanol–water partition coefficient (Wildman–Crippen LogP) is 5.94. The van der Waals surface area contributed by atoms with Gasteiger partial charge in [-0.2, -0.15) is 0 Å². The lowest BCUT2D eigenvalue weighted by molar-refractivity contribution is -0.130. The molecule has 0 spiro atoms. The Hall–Kier alpha value is -3.89. The minimum absolute atomic E-state index is 0.0558. The lowest BCUT2D eigenvalue weighted by Gasteiger charge is -2.32. The highest BCUT2D eigenvalue weighted by Crippen LogP contribution is 2.44. The Labute approximate surface area is 253 Å². The second-order valence-corrected chi connectivity index (χ2v) is 10.7. The van der Waals surface area contributed by atoms with E-state index >= 15 is 0 Å². The fraction of sp³-hybridized carbons (Fsp3) is 0.355. The zero-order valence-corrected chi connectivity index (χ0v) is 25.1. The summed E-state index contributed by atoms with van der Waals surface area (Å²) in [6.45, 7) is 3.25. The number of hydrogen-bond acceptors (Lipinski definition) is 7. The van der Waals surface area contributed by atoms with E-state index in [1.165, 1.54) is 0 Å². The van der Waals surface area contributed by atoms with Crippen LogP contribution in [-0.4, -0.2) is 42.2 Å². The highest BCUT2D eigenvalue weighted by molar-refractivity contribution is 9.10. The van der Waals surface area contributed by atoms with Gasteiger partial charge >= 0.3 is 0 Å². The van der Waals surface area contributed by atoms with Gasteiger partial charge in [0.2, 0.25) is 5.90 Å². The predicted molar refractivity (Wildman–Crippen MR) is 165 cm³/mol. The van der Waals surface area contributed by atoms with E-state index < -0.39 is 11.6 Å². The van der Waals surface area contributed by atoms with Crippen LogP contribution in [0.2, 0.25) is 0 Å². The topological polar surface area (TPSA) is 141 Å². The van der Waals surface area contributed by atoms with Crippen LogP contribution in [0, 0.1) is 0 Å². The average Bonchev–Trinajstić information content (AvgIpc) is 3.40. The first kappa shape index (κ1) is 31.1. The van der Waals surface area contributed by atoms with Crippen molar-refractivity contribution in [3.05, 3.63) is 110 Å². The maximum Gasteiger partial charge on any atom is 0.266 e. The van der Waals surface area contributed by atoms with Gasteiger partial charge in [0.05, 0.1) is 13.2 Å². The number of ether oxygens (including phenoxy) is 2. The van der Waals surface area contributed by atoms with Crippen molar-refractivity contribution in [3.8, 4) is 5.75 Å². The molecule has 3 N–H and O–H groups in total. The number of hydrogen-bond donors (Lipinski definition) is 3. The number of azide groups is 1. The summed E-state index contributed by atoms with van der Waals surface area (Å²) in [5.74, 6) is 0.632. The van der Waals surface area contributed by atoms with Gasteiger partial charge < -0.3 is 14.6 Å². The van der Waals surface area contributed by atoms with Gasteiger partial charge in [0.1, 0.15) is 5.75 Å². The van der Waals surface area contributed by atoms with Gasteiger partial charge in [0.25, 0.3) is 5.91 Å². The molecule has 0 saturated heterocycles. The van der Waals surface area contributed by atoms with Gasteiger partial charge in [-0.3, -0.25) is 10.2 Å². The number of aliphatic hydroxyl groups is 1. The highest BCUT2D eigenvalue weighted by Gasteiger charge is 2.54. The molecule has 3 aromatic carbocycles. The van der Waals surface area contributed by atoms with E-state index in [0.717, 1.165) is 28.4 Å². The molecule has 4 rings (SSSR count). The van der Waals surface area contributed by atoms with Crippen LogP contribution in [0.25, 0.3) is 10.4 Å². The summed E-state index contributed by atoms with van der Waals surface area (Å²) in [7, 11) is 0. The monoisotopic (exact) mass is 634 g/mol. The third kappa shape index (κ3) is 7.49. The molecule has 1 amide bonds. The van der Waals surface area contributed by atoms with Gasteiger partial charge in [0, 0.05) is 40.9 Å². The third-order valence-corrected chi connectivity index (χ3v) is 7.72. The minimum Gasteiger partial charge on any atom is -0.494 e. The number of amides is 1. The van der Waals surface area contributed by atoms with Crippen LogP contribution < -0.4 is 15.6 Å². The number of nitrogens with zero attached hydrogens (tertiary/aromatic N) is 4. The molecule has 220 valence electrons. The Bertz CT molecular complexity index is 1430. The van der Waals surface area contributed by atoms with Gasteiger partial charge in [-0.1, -0.05) is 76.9 Å². The van der Waals surface area contributed by atoms with Gasteiger partial charge in [0.15, 0.2) is 11.6 Å². The number of rotatable bonds is 15. The first-order valence-corrected chi connectivity index (χ1v) is 14.8. The molecule has 42 heavy (non-hydrogen) atoms. The van der Waals surface area contributed by atoms with Crippen molar-refractivity contribution < 1.29 is 19.4 Å². The molecule has 3 aromatic rings. The smallest absolute Gasteiger partial charge is 0.266 e. The second kappa shape index (κ2) is 15.4. The highest BCUT2D eigenvalue weighted by atomic mass is 79.9. The van der Waals surface area contributed by atoms with Crippen molar-refractivity contribution in [2.24, 2.45) is 10.1 Å². The molecular formula is C31H35BrN6O4. The fourth-order valence-corrected chi connectivity index (χ4v) is 5.17. The molecule has 0 bridgehead atoms. The van der Waals surface area contributed by atoms with Crippen LogP contribution in [0.3, 0.4) is 0 Å². The first-order valence-electron chi connectivity index (χ1n) is 14.0. The number of aliphatic hydroxyl groups excluding tert-OH is 1. The number of hydrazine groups is 1. The van der Waals surface area contributed by atoms with Crippen LogP contribution in [0.5, 0.6) is 5.75 Å². The molecule has 1 aliphatic rings. The summed E-state index contributed by atoms with van der Waals surface area (Å²) < 4.78 is 13.1. The Morgan fingerprint density at radius 2 is 1.86 bits per heavy atom. The van der Waals surface area contributed by atoms with E-state index in [-0.39, 0.29) is 25.5 Å². The van der Waals surface area contributed by atoms with Crippen molar-refractivity contribution in [3.63, 3.8) is 0 Å². The largest absolute Gasteiger partial charge is 0.494 e. The van der Waals surface area contributed by atoms with Crippen LogP contribution in [0.1, 0.15) is 54.5 Å². The maximum atomic E-state index is 14.2. The molecular weight excluding hydrogens is 600 g/mol. The zero-order valence-electron chi connectivity index (χ0n) is 23.5. The van der Waals surface area contributed by atoms with Crippen LogP contribution in [-0.2, 0) is 22.5 Å². The molecule has 2 atom stereocenters. The molecule has 0 aromatic heterocycles. The van der Waals surface area contributed by atoms with E-state index in [9.17, 15) is 4.79 Å². The average molecular weight is 636 g/mol. The van der Waals surface area contributed by atoms with E-state index in [2.05, 4.69) is 43.7 Å². The molecule has 0 unspecified atom stereocenters. The quantitative estimate of drug-likeness (QED) is 0.0623. The molecule has 0 radical (unpaired) electrons. The summed E-state index contributed by atoms with van der Waals surface area (Å²) in [6.07, 6.45) is 1.83. The normalized spacial score (nSPS) is 17.6. The number of carbonyl (C=O) groups is 1. The molecule has 10 nitrogen and oxygen atoms in total. The Kier molecular flexibility index (Phi) is 11.4. The van der Waals surface area contributed by atoms with E-state index in [0.29, 0.717) is 42.3 Å². The van der Waals surface area contributed by atoms with E-state index in [4.69, 9.17) is 25.1 Å². The summed E-state index contributed by atoms with van der Waals surface area (Å²) in [6, 6.07) is 22.5. The van der Waals surface area contributed by atoms with Gasteiger partial charge in [-0.15, -0.1) is 0 Å². The standard InChI is InChI=1S/C31H35BrN6O4/c1-2-3-17-34-37-30(40)31(20-23-9-5-7-12-27(23)32)28(26-11-6-4-10-24(26)21-35-38-33)42-29(36-31)22-13-15-25(16-14-22)41-19-8-18-39/h4-7,9-16,28,34,39H,2-3,8,17-21H2,1H3,(H,37,40)/t28-,31-/m0/s1. The number of halogens is 1. The first-order chi connectivity index (χ1) is 20.5. The van der Waals surface area contributed by atoms with Crippen molar-refractivity contribution in [1.29, 1.82) is 0 Å². The van der Waals surface area contributed by atoms with Gasteiger partial charge in [-0.05, 0) is 59.0 Å². The lowest BCUT2D eigenvalue weighted by Crippen LogP contribution is -2.54. The van der Waals surface area contributed by atoms with Crippen molar-refractivity contribution in [2.75, 3.05) is 19.8 Å². The number of unbranched alkanes of at least 4 members (excludes halogenated alkanes) is 1. The summed E-state index contributed by atoms with van der Waals surface area (Å²) in [4.78, 5) is 22.2. The van der Waals surface area contributed by atoms with Crippen molar-refractivity contribution >= 4 is 27.7 Å². The molecule has 0 aliphatic carbocycles. The second-order valence-electron chi connectivity index (χ2n) is 9.88. The Balaban J connectivity index is 1.81. The van der Waals surface area contributed by atoms with Crippen molar-refractivity contribution in [2.45, 2.75) is 50.8 Å². The van der Waals surface area contributed by atoms with E-state index in [1.54, 1.807) is 0 Å². The minimum atomic E-state index is -1.40. The fourth-order valence-electron chi connectivity index (χ4n) is 4.75. The third-order valence-electron chi connectivity index (χ3n) is 6.95. The van der Waals surface area contributed by atoms with Crippen LogP contribution >= 0.6 is 15.9 Å².